The number of amides is 2. The number of rotatable bonds is 6. The lowest BCUT2D eigenvalue weighted by atomic mass is 9.97. The fraction of sp³-hybridized carbons (Fsp3) is 0.263. The van der Waals surface area contributed by atoms with Crippen molar-refractivity contribution in [2.24, 2.45) is 0 Å². The number of hydrogen-bond donors (Lipinski definition) is 3. The average Bonchev–Trinajstić information content (AvgIpc) is 2.61. The van der Waals surface area contributed by atoms with E-state index in [2.05, 4.69) is 10.6 Å². The van der Waals surface area contributed by atoms with Crippen LogP contribution in [0.4, 0.5) is 5.69 Å². The Hall–Kier alpha value is -2.37. The second kappa shape index (κ2) is 8.65. The second-order valence-electron chi connectivity index (χ2n) is 6.10. The monoisotopic (exact) mass is 360 g/mol. The minimum atomic E-state index is -1.11. The third-order valence-corrected chi connectivity index (χ3v) is 4.08. The van der Waals surface area contributed by atoms with E-state index in [1.165, 1.54) is 0 Å². The van der Waals surface area contributed by atoms with E-state index in [0.29, 0.717) is 23.6 Å². The highest BCUT2D eigenvalue weighted by atomic mass is 35.5. The number of nitrogens with one attached hydrogen (secondary N) is 2. The van der Waals surface area contributed by atoms with Crippen molar-refractivity contribution in [3.05, 3.63) is 65.2 Å². The molecular formula is C19H21ClN2O3. The van der Waals surface area contributed by atoms with Gasteiger partial charge in [-0.1, -0.05) is 54.1 Å². The summed E-state index contributed by atoms with van der Waals surface area (Å²) in [6.45, 7) is 1.61. The van der Waals surface area contributed by atoms with Crippen LogP contribution in [-0.2, 0) is 16.0 Å². The van der Waals surface area contributed by atoms with Crippen LogP contribution in [0.25, 0.3) is 0 Å². The number of benzene rings is 2. The highest BCUT2D eigenvalue weighted by molar-refractivity contribution is 6.41. The first kappa shape index (κ1) is 19.0. The number of carbonyl (C=O) groups excluding carboxylic acids is 2. The summed E-state index contributed by atoms with van der Waals surface area (Å²) in [6.07, 6.45) is 1.14. The third-order valence-electron chi connectivity index (χ3n) is 3.75. The molecule has 1 unspecified atom stereocenters. The molecule has 0 aliphatic heterocycles. The predicted octanol–water partition coefficient (Wildman–Crippen LogP) is 2.78. The molecule has 0 aliphatic carbocycles. The van der Waals surface area contributed by atoms with Gasteiger partial charge in [-0.05, 0) is 37.5 Å². The van der Waals surface area contributed by atoms with E-state index in [1.54, 1.807) is 31.2 Å². The van der Waals surface area contributed by atoms with Crippen LogP contribution in [0.15, 0.2) is 54.6 Å². The van der Waals surface area contributed by atoms with Gasteiger partial charge in [0.1, 0.15) is 0 Å². The lowest BCUT2D eigenvalue weighted by Crippen LogP contribution is -2.44. The maximum Gasteiger partial charge on any atom is 0.313 e. The number of halogens is 1. The zero-order valence-corrected chi connectivity index (χ0v) is 14.7. The van der Waals surface area contributed by atoms with E-state index in [0.717, 1.165) is 5.56 Å². The zero-order chi connectivity index (χ0) is 18.3. The van der Waals surface area contributed by atoms with E-state index in [4.69, 9.17) is 11.6 Å². The highest BCUT2D eigenvalue weighted by Gasteiger charge is 2.23. The van der Waals surface area contributed by atoms with E-state index >= 15 is 0 Å². The second-order valence-corrected chi connectivity index (χ2v) is 6.51. The van der Waals surface area contributed by atoms with Crippen LogP contribution in [0.5, 0.6) is 0 Å². The van der Waals surface area contributed by atoms with Gasteiger partial charge >= 0.3 is 11.8 Å². The Morgan fingerprint density at radius 1 is 1.04 bits per heavy atom. The Labute approximate surface area is 152 Å². The van der Waals surface area contributed by atoms with Crippen LogP contribution in [0.3, 0.4) is 0 Å². The maximum atomic E-state index is 11.9. The SMILES string of the molecule is CC(O)(CCc1ccccc1)CNC(=O)C(=O)Nc1ccccc1Cl. The van der Waals surface area contributed by atoms with Crippen molar-refractivity contribution in [2.75, 3.05) is 11.9 Å². The quantitative estimate of drug-likeness (QED) is 0.693. The number of anilines is 1. The highest BCUT2D eigenvalue weighted by Crippen LogP contribution is 2.20. The van der Waals surface area contributed by atoms with Crippen molar-refractivity contribution in [1.82, 2.24) is 5.32 Å². The summed E-state index contributed by atoms with van der Waals surface area (Å²) in [5, 5.41) is 15.6. The lowest BCUT2D eigenvalue weighted by Gasteiger charge is -2.23. The van der Waals surface area contributed by atoms with E-state index in [9.17, 15) is 14.7 Å². The van der Waals surface area contributed by atoms with Gasteiger partial charge in [-0.25, -0.2) is 0 Å². The van der Waals surface area contributed by atoms with Crippen LogP contribution >= 0.6 is 11.6 Å². The first-order valence-corrected chi connectivity index (χ1v) is 8.35. The molecule has 0 spiro atoms. The van der Waals surface area contributed by atoms with Gasteiger partial charge in [0.05, 0.1) is 16.3 Å². The Kier molecular flexibility index (Phi) is 6.56. The third kappa shape index (κ3) is 6.21. The van der Waals surface area contributed by atoms with Crippen LogP contribution in [0.2, 0.25) is 5.02 Å². The molecule has 0 aromatic heterocycles. The number of hydrogen-bond acceptors (Lipinski definition) is 3. The van der Waals surface area contributed by atoms with Crippen LogP contribution < -0.4 is 10.6 Å². The molecule has 25 heavy (non-hydrogen) atoms. The summed E-state index contributed by atoms with van der Waals surface area (Å²) in [5.74, 6) is -1.65. The number of para-hydroxylation sites is 1. The summed E-state index contributed by atoms with van der Waals surface area (Å²) < 4.78 is 0. The van der Waals surface area contributed by atoms with Crippen molar-refractivity contribution in [3.8, 4) is 0 Å². The van der Waals surface area contributed by atoms with Gasteiger partial charge in [-0.3, -0.25) is 9.59 Å². The molecule has 3 N–H and O–H groups in total. The van der Waals surface area contributed by atoms with Crippen molar-refractivity contribution in [1.29, 1.82) is 0 Å². The van der Waals surface area contributed by atoms with E-state index in [-0.39, 0.29) is 6.54 Å². The molecule has 2 aromatic rings. The average molecular weight is 361 g/mol. The fourth-order valence-electron chi connectivity index (χ4n) is 2.24. The van der Waals surface area contributed by atoms with Crippen molar-refractivity contribution in [3.63, 3.8) is 0 Å². The molecule has 0 saturated heterocycles. The lowest BCUT2D eigenvalue weighted by molar-refractivity contribution is -0.136. The summed E-state index contributed by atoms with van der Waals surface area (Å²) in [4.78, 5) is 23.8. The summed E-state index contributed by atoms with van der Waals surface area (Å²) in [7, 11) is 0. The van der Waals surface area contributed by atoms with Gasteiger partial charge in [0, 0.05) is 6.54 Å². The Bertz CT molecular complexity index is 732. The minimum absolute atomic E-state index is 0.0192. The van der Waals surface area contributed by atoms with Gasteiger partial charge < -0.3 is 15.7 Å². The van der Waals surface area contributed by atoms with Gasteiger partial charge in [-0.15, -0.1) is 0 Å². The normalized spacial score (nSPS) is 12.9. The summed E-state index contributed by atoms with van der Waals surface area (Å²) >= 11 is 5.94. The molecule has 0 saturated carbocycles. The summed E-state index contributed by atoms with van der Waals surface area (Å²) in [6, 6.07) is 16.4. The molecule has 132 valence electrons. The van der Waals surface area contributed by atoms with Gasteiger partial charge in [-0.2, -0.15) is 0 Å². The molecule has 1 atom stereocenters. The Morgan fingerprint density at radius 3 is 2.36 bits per heavy atom. The number of aryl methyl sites for hydroxylation is 1. The maximum absolute atomic E-state index is 11.9. The molecule has 0 radical (unpaired) electrons. The van der Waals surface area contributed by atoms with Crippen molar-refractivity contribution >= 4 is 29.1 Å². The Morgan fingerprint density at radius 2 is 1.68 bits per heavy atom. The minimum Gasteiger partial charge on any atom is -0.388 e. The Balaban J connectivity index is 1.81. The van der Waals surface area contributed by atoms with Crippen LogP contribution in [-0.4, -0.2) is 29.1 Å². The molecular weight excluding hydrogens is 340 g/mol. The zero-order valence-electron chi connectivity index (χ0n) is 14.0. The van der Waals surface area contributed by atoms with Gasteiger partial charge in [0.15, 0.2) is 0 Å². The molecule has 0 fully saturated rings. The van der Waals surface area contributed by atoms with Gasteiger partial charge in [0.25, 0.3) is 0 Å². The smallest absolute Gasteiger partial charge is 0.313 e. The van der Waals surface area contributed by atoms with Gasteiger partial charge in [0.2, 0.25) is 0 Å². The fourth-order valence-corrected chi connectivity index (χ4v) is 2.42. The van der Waals surface area contributed by atoms with E-state index < -0.39 is 17.4 Å². The molecule has 6 heteroatoms. The standard InChI is InChI=1S/C19H21ClN2O3/c1-19(25,12-11-14-7-3-2-4-8-14)13-21-17(23)18(24)22-16-10-6-5-9-15(16)20/h2-10,25H,11-13H2,1H3,(H,21,23)(H,22,24). The van der Waals surface area contributed by atoms with Crippen LogP contribution in [0.1, 0.15) is 18.9 Å². The molecule has 2 rings (SSSR count). The van der Waals surface area contributed by atoms with Crippen molar-refractivity contribution < 1.29 is 14.7 Å². The van der Waals surface area contributed by atoms with E-state index in [1.807, 2.05) is 30.3 Å². The molecule has 5 nitrogen and oxygen atoms in total. The summed E-state index contributed by atoms with van der Waals surface area (Å²) in [5.41, 5.74) is 0.349. The van der Waals surface area contributed by atoms with Crippen LogP contribution in [0, 0.1) is 0 Å². The number of aliphatic hydroxyl groups is 1. The topological polar surface area (TPSA) is 78.4 Å². The largest absolute Gasteiger partial charge is 0.388 e. The first-order valence-electron chi connectivity index (χ1n) is 7.97. The predicted molar refractivity (Wildman–Crippen MR) is 98.5 cm³/mol. The molecule has 2 aromatic carbocycles. The molecule has 0 aliphatic rings. The molecule has 2 amide bonds. The molecule has 0 bridgehead atoms. The van der Waals surface area contributed by atoms with Crippen molar-refractivity contribution in [2.45, 2.75) is 25.4 Å². The molecule has 0 heterocycles. The number of carbonyl (C=O) groups is 2. The first-order chi connectivity index (χ1) is 11.9.